The quantitative estimate of drug-likeness (QED) is 0.889. The number of nitrogens with zero attached hydrogens (tertiary/aromatic N) is 1. The van der Waals surface area contributed by atoms with Gasteiger partial charge in [-0.3, -0.25) is 9.78 Å². The summed E-state index contributed by atoms with van der Waals surface area (Å²) in [6.45, 7) is 4.76. The maximum absolute atomic E-state index is 11.9. The smallest absolute Gasteiger partial charge is 0.225 e. The third-order valence-corrected chi connectivity index (χ3v) is 3.20. The van der Waals surface area contributed by atoms with Crippen molar-refractivity contribution in [1.82, 2.24) is 10.3 Å². The standard InChI is InChI=1S/C15H18ClN3O/c1-10(2)17-9-7-14(20)19-13-6-5-12(16)15-11(13)4-3-8-18-15/h3-6,8,10,17H,7,9H2,1-2H3,(H,19,20). The lowest BCUT2D eigenvalue weighted by Gasteiger charge is -2.10. The molecule has 0 unspecified atom stereocenters. The molecule has 1 heterocycles. The van der Waals surface area contributed by atoms with Crippen molar-refractivity contribution in [3.8, 4) is 0 Å². The number of hydrogen-bond acceptors (Lipinski definition) is 3. The van der Waals surface area contributed by atoms with Crippen LogP contribution in [0.1, 0.15) is 20.3 Å². The molecule has 0 saturated carbocycles. The van der Waals surface area contributed by atoms with Crippen molar-refractivity contribution >= 4 is 34.1 Å². The van der Waals surface area contributed by atoms with E-state index in [9.17, 15) is 4.79 Å². The third kappa shape index (κ3) is 3.68. The summed E-state index contributed by atoms with van der Waals surface area (Å²) in [5.41, 5.74) is 1.44. The molecule has 0 aliphatic heterocycles. The number of aromatic nitrogens is 1. The summed E-state index contributed by atoms with van der Waals surface area (Å²) in [7, 11) is 0. The van der Waals surface area contributed by atoms with Crippen LogP contribution in [0.25, 0.3) is 10.9 Å². The summed E-state index contributed by atoms with van der Waals surface area (Å²) in [6, 6.07) is 7.66. The van der Waals surface area contributed by atoms with Crippen molar-refractivity contribution in [2.45, 2.75) is 26.3 Å². The highest BCUT2D eigenvalue weighted by Crippen LogP contribution is 2.27. The molecule has 2 aromatic rings. The molecule has 0 radical (unpaired) electrons. The fourth-order valence-electron chi connectivity index (χ4n) is 1.93. The SMILES string of the molecule is CC(C)NCCC(=O)Nc1ccc(Cl)c2ncccc12. The summed E-state index contributed by atoms with van der Waals surface area (Å²) in [5.74, 6) is -0.0226. The number of benzene rings is 1. The number of carbonyl (C=O) groups excluding carboxylic acids is 1. The molecule has 0 fully saturated rings. The maximum atomic E-state index is 11.9. The van der Waals surface area contributed by atoms with Crippen LogP contribution in [-0.2, 0) is 4.79 Å². The Labute approximate surface area is 123 Å². The lowest BCUT2D eigenvalue weighted by Crippen LogP contribution is -2.27. The van der Waals surface area contributed by atoms with E-state index in [0.717, 1.165) is 11.1 Å². The molecule has 1 amide bonds. The summed E-state index contributed by atoms with van der Waals surface area (Å²) >= 11 is 6.10. The molecule has 0 aliphatic rings. The van der Waals surface area contributed by atoms with E-state index in [-0.39, 0.29) is 5.91 Å². The molecule has 0 bridgehead atoms. The number of amides is 1. The Morgan fingerprint density at radius 2 is 2.15 bits per heavy atom. The highest BCUT2D eigenvalue weighted by molar-refractivity contribution is 6.35. The molecule has 1 aromatic heterocycles. The van der Waals surface area contributed by atoms with Gasteiger partial charge in [-0.15, -0.1) is 0 Å². The molecular weight excluding hydrogens is 274 g/mol. The normalized spacial score (nSPS) is 11.0. The first-order chi connectivity index (χ1) is 9.58. The molecule has 4 nitrogen and oxygen atoms in total. The topological polar surface area (TPSA) is 54.0 Å². The van der Waals surface area contributed by atoms with Gasteiger partial charge in [-0.1, -0.05) is 25.4 Å². The second-order valence-electron chi connectivity index (χ2n) is 4.90. The number of pyridine rings is 1. The number of fused-ring (bicyclic) bond motifs is 1. The molecule has 0 saturated heterocycles. The van der Waals surface area contributed by atoms with Crippen molar-refractivity contribution in [2.75, 3.05) is 11.9 Å². The predicted octanol–water partition coefficient (Wildman–Crippen LogP) is 3.21. The fraction of sp³-hybridized carbons (Fsp3) is 0.333. The Morgan fingerprint density at radius 1 is 1.35 bits per heavy atom. The van der Waals surface area contributed by atoms with E-state index < -0.39 is 0 Å². The molecule has 0 atom stereocenters. The van der Waals surface area contributed by atoms with Gasteiger partial charge in [-0.25, -0.2) is 0 Å². The fourth-order valence-corrected chi connectivity index (χ4v) is 2.15. The average Bonchev–Trinajstić information content (AvgIpc) is 2.42. The number of hydrogen-bond donors (Lipinski definition) is 2. The van der Waals surface area contributed by atoms with Gasteiger partial charge in [-0.05, 0) is 24.3 Å². The largest absolute Gasteiger partial charge is 0.325 e. The number of anilines is 1. The number of halogens is 1. The van der Waals surface area contributed by atoms with Gasteiger partial charge < -0.3 is 10.6 Å². The lowest BCUT2D eigenvalue weighted by molar-refractivity contribution is -0.116. The van der Waals surface area contributed by atoms with Gasteiger partial charge in [0.2, 0.25) is 5.91 Å². The van der Waals surface area contributed by atoms with Crippen molar-refractivity contribution in [1.29, 1.82) is 0 Å². The zero-order valence-electron chi connectivity index (χ0n) is 11.6. The van der Waals surface area contributed by atoms with Crippen LogP contribution in [0.5, 0.6) is 0 Å². The van der Waals surface area contributed by atoms with E-state index in [2.05, 4.69) is 29.5 Å². The van der Waals surface area contributed by atoms with Crippen LogP contribution in [0, 0.1) is 0 Å². The van der Waals surface area contributed by atoms with Gasteiger partial charge in [-0.2, -0.15) is 0 Å². The number of rotatable bonds is 5. The highest BCUT2D eigenvalue weighted by Gasteiger charge is 2.08. The minimum atomic E-state index is -0.0226. The van der Waals surface area contributed by atoms with Crippen LogP contribution < -0.4 is 10.6 Å². The van der Waals surface area contributed by atoms with Gasteiger partial charge in [0.05, 0.1) is 16.2 Å². The van der Waals surface area contributed by atoms with E-state index in [1.165, 1.54) is 0 Å². The first kappa shape index (κ1) is 14.8. The number of carbonyl (C=O) groups is 1. The van der Waals surface area contributed by atoms with E-state index in [1.54, 1.807) is 18.3 Å². The van der Waals surface area contributed by atoms with Crippen molar-refractivity contribution in [2.24, 2.45) is 0 Å². The third-order valence-electron chi connectivity index (χ3n) is 2.90. The molecule has 20 heavy (non-hydrogen) atoms. The van der Waals surface area contributed by atoms with Crippen molar-refractivity contribution in [3.05, 3.63) is 35.5 Å². The van der Waals surface area contributed by atoms with Crippen LogP contribution in [0.2, 0.25) is 5.02 Å². The van der Waals surface area contributed by atoms with Gasteiger partial charge in [0.1, 0.15) is 0 Å². The number of nitrogens with one attached hydrogen (secondary N) is 2. The maximum Gasteiger partial charge on any atom is 0.225 e. The first-order valence-corrected chi connectivity index (χ1v) is 7.02. The zero-order valence-corrected chi connectivity index (χ0v) is 12.4. The van der Waals surface area contributed by atoms with Crippen LogP contribution in [0.4, 0.5) is 5.69 Å². The highest BCUT2D eigenvalue weighted by atomic mass is 35.5. The Hall–Kier alpha value is -1.65. The molecule has 1 aromatic carbocycles. The molecule has 106 valence electrons. The lowest BCUT2D eigenvalue weighted by atomic mass is 10.1. The van der Waals surface area contributed by atoms with Crippen LogP contribution in [-0.4, -0.2) is 23.5 Å². The van der Waals surface area contributed by atoms with E-state index >= 15 is 0 Å². The van der Waals surface area contributed by atoms with E-state index in [0.29, 0.717) is 29.5 Å². The summed E-state index contributed by atoms with van der Waals surface area (Å²) in [6.07, 6.45) is 2.12. The van der Waals surface area contributed by atoms with E-state index in [4.69, 9.17) is 11.6 Å². The summed E-state index contributed by atoms with van der Waals surface area (Å²) < 4.78 is 0. The monoisotopic (exact) mass is 291 g/mol. The van der Waals surface area contributed by atoms with Gasteiger partial charge in [0.15, 0.2) is 0 Å². The predicted molar refractivity (Wildman–Crippen MR) is 83.1 cm³/mol. The molecule has 0 aliphatic carbocycles. The van der Waals surface area contributed by atoms with Crippen molar-refractivity contribution < 1.29 is 4.79 Å². The molecule has 0 spiro atoms. The Kier molecular flexibility index (Phi) is 4.93. The van der Waals surface area contributed by atoms with Gasteiger partial charge in [0.25, 0.3) is 0 Å². The van der Waals surface area contributed by atoms with Crippen LogP contribution >= 0.6 is 11.6 Å². The van der Waals surface area contributed by atoms with Crippen LogP contribution in [0.15, 0.2) is 30.5 Å². The second kappa shape index (κ2) is 6.68. The Morgan fingerprint density at radius 3 is 2.90 bits per heavy atom. The summed E-state index contributed by atoms with van der Waals surface area (Å²) in [5, 5.41) is 7.56. The summed E-state index contributed by atoms with van der Waals surface area (Å²) in [4.78, 5) is 16.2. The Balaban J connectivity index is 2.10. The van der Waals surface area contributed by atoms with Gasteiger partial charge >= 0.3 is 0 Å². The zero-order chi connectivity index (χ0) is 14.5. The molecule has 5 heteroatoms. The molecular formula is C15H18ClN3O. The minimum absolute atomic E-state index is 0.0226. The first-order valence-electron chi connectivity index (χ1n) is 6.64. The van der Waals surface area contributed by atoms with Gasteiger partial charge in [0, 0.05) is 30.6 Å². The average molecular weight is 292 g/mol. The molecule has 2 N–H and O–H groups in total. The molecule has 2 rings (SSSR count). The minimum Gasteiger partial charge on any atom is -0.325 e. The Bertz CT molecular complexity index is 613. The van der Waals surface area contributed by atoms with E-state index in [1.807, 2.05) is 12.1 Å². The van der Waals surface area contributed by atoms with Crippen molar-refractivity contribution in [3.63, 3.8) is 0 Å². The van der Waals surface area contributed by atoms with Crippen LogP contribution in [0.3, 0.4) is 0 Å². The second-order valence-corrected chi connectivity index (χ2v) is 5.31.